The molecule has 3 aromatic carbocycles. The lowest BCUT2D eigenvalue weighted by Crippen LogP contribution is -2.50. The second-order valence-corrected chi connectivity index (χ2v) is 11.6. The van der Waals surface area contributed by atoms with E-state index in [2.05, 4.69) is 33.0 Å². The average molecular weight is 549 g/mol. The predicted octanol–water partition coefficient (Wildman–Crippen LogP) is 5.80. The molecule has 1 N–H and O–H groups in total. The molecule has 202 valence electrons. The Morgan fingerprint density at radius 3 is 2.54 bits per heavy atom. The highest BCUT2D eigenvalue weighted by Crippen LogP contribution is 2.27. The SMILES string of the molecule is C=C(c1ccc(NS(=O)(=O)c2cccc3cccnc23)cc1)N1CCN(Cc2cc(C)c(F)c(F)c2)CC1C. The first kappa shape index (κ1) is 26.8. The molecule has 1 aromatic heterocycles. The maximum Gasteiger partial charge on any atom is 0.264 e. The number of para-hydroxylation sites is 1. The van der Waals surface area contributed by atoms with Crippen LogP contribution < -0.4 is 4.72 Å². The number of hydrogen-bond acceptors (Lipinski definition) is 5. The highest BCUT2D eigenvalue weighted by Gasteiger charge is 2.26. The number of fused-ring (bicyclic) bond motifs is 1. The van der Waals surface area contributed by atoms with Gasteiger partial charge in [-0.3, -0.25) is 14.6 Å². The van der Waals surface area contributed by atoms with Gasteiger partial charge in [-0.25, -0.2) is 17.2 Å². The summed E-state index contributed by atoms with van der Waals surface area (Å²) in [6.45, 7) is 10.7. The monoisotopic (exact) mass is 548 g/mol. The van der Waals surface area contributed by atoms with Gasteiger partial charge >= 0.3 is 0 Å². The number of aryl methyl sites for hydroxylation is 1. The van der Waals surface area contributed by atoms with Crippen LogP contribution in [0, 0.1) is 18.6 Å². The second kappa shape index (κ2) is 10.7. The third-order valence-corrected chi connectivity index (χ3v) is 8.50. The Balaban J connectivity index is 1.24. The molecule has 0 aliphatic carbocycles. The Hall–Kier alpha value is -3.82. The molecule has 1 aliphatic rings. The summed E-state index contributed by atoms with van der Waals surface area (Å²) in [6, 6.07) is 18.9. The number of pyridine rings is 1. The van der Waals surface area contributed by atoms with Gasteiger partial charge in [-0.2, -0.15) is 0 Å². The number of rotatable bonds is 7. The van der Waals surface area contributed by atoms with Crippen molar-refractivity contribution in [2.45, 2.75) is 31.3 Å². The molecule has 2 heterocycles. The van der Waals surface area contributed by atoms with Gasteiger partial charge in [0.15, 0.2) is 11.6 Å². The molecule has 0 amide bonds. The number of nitrogens with one attached hydrogen (secondary N) is 1. The lowest BCUT2D eigenvalue weighted by atomic mass is 10.1. The van der Waals surface area contributed by atoms with Gasteiger partial charge in [-0.15, -0.1) is 0 Å². The molecular weight excluding hydrogens is 518 g/mol. The second-order valence-electron chi connectivity index (χ2n) is 9.95. The lowest BCUT2D eigenvalue weighted by Gasteiger charge is -2.42. The van der Waals surface area contributed by atoms with E-state index in [9.17, 15) is 17.2 Å². The standard InChI is InChI=1S/C30H30F2N4O2S/c1-20-16-23(17-27(31)29(20)32)19-35-14-15-36(21(2)18-35)22(3)24-9-11-26(12-10-24)34-39(37,38)28-8-4-6-25-7-5-13-33-30(25)28/h4-13,16-17,21,34H,3,14-15,18-19H2,1-2H3. The third kappa shape index (κ3) is 5.65. The molecule has 0 spiro atoms. The zero-order chi connectivity index (χ0) is 27.7. The summed E-state index contributed by atoms with van der Waals surface area (Å²) in [6.07, 6.45) is 1.58. The molecule has 1 atom stereocenters. The van der Waals surface area contributed by atoms with Gasteiger partial charge in [-0.05, 0) is 60.9 Å². The maximum atomic E-state index is 13.8. The van der Waals surface area contributed by atoms with Crippen LogP contribution in [0.2, 0.25) is 0 Å². The van der Waals surface area contributed by atoms with Crippen LogP contribution in [0.3, 0.4) is 0 Å². The normalized spacial score (nSPS) is 16.4. The van der Waals surface area contributed by atoms with E-state index in [1.54, 1.807) is 49.5 Å². The molecule has 5 rings (SSSR count). The first-order valence-electron chi connectivity index (χ1n) is 12.7. The maximum absolute atomic E-state index is 13.8. The van der Waals surface area contributed by atoms with Crippen molar-refractivity contribution in [1.29, 1.82) is 0 Å². The van der Waals surface area contributed by atoms with E-state index in [4.69, 9.17) is 0 Å². The Labute approximate surface area is 227 Å². The first-order chi connectivity index (χ1) is 18.6. The van der Waals surface area contributed by atoms with Crippen LogP contribution in [0.15, 0.2) is 84.4 Å². The first-order valence-corrected chi connectivity index (χ1v) is 14.2. The van der Waals surface area contributed by atoms with Crippen LogP contribution in [-0.4, -0.2) is 48.9 Å². The van der Waals surface area contributed by atoms with Crippen LogP contribution in [0.25, 0.3) is 16.6 Å². The zero-order valence-corrected chi connectivity index (χ0v) is 22.7. The van der Waals surface area contributed by atoms with Gasteiger partial charge in [0, 0.05) is 55.2 Å². The van der Waals surface area contributed by atoms with Crippen LogP contribution in [-0.2, 0) is 16.6 Å². The van der Waals surface area contributed by atoms with Gasteiger partial charge in [0.05, 0.1) is 5.52 Å². The van der Waals surface area contributed by atoms with Crippen LogP contribution in [0.4, 0.5) is 14.5 Å². The van der Waals surface area contributed by atoms with Gasteiger partial charge in [0.25, 0.3) is 10.0 Å². The minimum Gasteiger partial charge on any atom is -0.366 e. The van der Waals surface area contributed by atoms with Crippen molar-refractivity contribution in [1.82, 2.24) is 14.8 Å². The molecule has 39 heavy (non-hydrogen) atoms. The van der Waals surface area contributed by atoms with Gasteiger partial charge < -0.3 is 4.90 Å². The van der Waals surface area contributed by atoms with Crippen LogP contribution in [0.5, 0.6) is 0 Å². The van der Waals surface area contributed by atoms with Crippen LogP contribution in [0.1, 0.15) is 23.6 Å². The van der Waals surface area contributed by atoms with E-state index >= 15 is 0 Å². The van der Waals surface area contributed by atoms with Crippen molar-refractivity contribution in [2.24, 2.45) is 0 Å². The smallest absolute Gasteiger partial charge is 0.264 e. The van der Waals surface area contributed by atoms with E-state index in [0.717, 1.165) is 41.8 Å². The highest BCUT2D eigenvalue weighted by atomic mass is 32.2. The van der Waals surface area contributed by atoms with Gasteiger partial charge in [-0.1, -0.05) is 43.0 Å². The summed E-state index contributed by atoms with van der Waals surface area (Å²) in [5, 5.41) is 0.751. The lowest BCUT2D eigenvalue weighted by molar-refractivity contribution is 0.123. The van der Waals surface area contributed by atoms with Crippen molar-refractivity contribution in [3.63, 3.8) is 0 Å². The van der Waals surface area contributed by atoms with Gasteiger partial charge in [0.1, 0.15) is 4.90 Å². The molecule has 1 saturated heterocycles. The molecule has 1 unspecified atom stereocenters. The molecule has 4 aromatic rings. The zero-order valence-electron chi connectivity index (χ0n) is 21.9. The minimum atomic E-state index is -3.84. The highest BCUT2D eigenvalue weighted by molar-refractivity contribution is 7.93. The topological polar surface area (TPSA) is 65.5 Å². The van der Waals surface area contributed by atoms with E-state index in [1.165, 1.54) is 6.07 Å². The van der Waals surface area contributed by atoms with Gasteiger partial charge in [0.2, 0.25) is 0 Å². The summed E-state index contributed by atoms with van der Waals surface area (Å²) in [4.78, 5) is 8.82. The summed E-state index contributed by atoms with van der Waals surface area (Å²) in [5.74, 6) is -1.61. The number of sulfonamides is 1. The Morgan fingerprint density at radius 2 is 1.82 bits per heavy atom. The van der Waals surface area contributed by atoms with Crippen molar-refractivity contribution >= 4 is 32.3 Å². The Morgan fingerprint density at radius 1 is 1.08 bits per heavy atom. The number of aromatic nitrogens is 1. The summed E-state index contributed by atoms with van der Waals surface area (Å²) in [5.41, 5.74) is 3.66. The molecule has 9 heteroatoms. The van der Waals surface area contributed by atoms with Crippen molar-refractivity contribution in [3.05, 3.63) is 108 Å². The fourth-order valence-corrected chi connectivity index (χ4v) is 6.36. The molecule has 6 nitrogen and oxygen atoms in total. The number of hydrogen-bond donors (Lipinski definition) is 1. The van der Waals surface area contributed by atoms with Crippen molar-refractivity contribution in [2.75, 3.05) is 24.4 Å². The summed E-state index contributed by atoms with van der Waals surface area (Å²) < 4.78 is 56.4. The van der Waals surface area contributed by atoms with Crippen molar-refractivity contribution in [3.8, 4) is 0 Å². The Kier molecular flexibility index (Phi) is 7.38. The minimum absolute atomic E-state index is 0.124. The fourth-order valence-electron chi connectivity index (χ4n) is 5.12. The summed E-state index contributed by atoms with van der Waals surface area (Å²) >= 11 is 0. The molecule has 1 fully saturated rings. The average Bonchev–Trinajstić information content (AvgIpc) is 2.91. The fraction of sp³-hybridized carbons (Fsp3) is 0.233. The van der Waals surface area contributed by atoms with Crippen molar-refractivity contribution < 1.29 is 17.2 Å². The van der Waals surface area contributed by atoms with E-state index in [0.29, 0.717) is 23.3 Å². The largest absolute Gasteiger partial charge is 0.366 e. The molecule has 1 aliphatic heterocycles. The summed E-state index contributed by atoms with van der Waals surface area (Å²) in [7, 11) is -3.84. The number of nitrogens with zero attached hydrogens (tertiary/aromatic N) is 3. The molecular formula is C30H30F2N4O2S. The number of benzene rings is 3. The van der Waals surface area contributed by atoms with E-state index < -0.39 is 21.7 Å². The molecule has 0 bridgehead atoms. The number of piperazine rings is 1. The number of anilines is 1. The Bertz CT molecular complexity index is 1610. The molecule has 0 saturated carbocycles. The quantitative estimate of drug-likeness (QED) is 0.316. The predicted molar refractivity (Wildman–Crippen MR) is 151 cm³/mol. The molecule has 0 radical (unpaired) electrons. The van der Waals surface area contributed by atoms with E-state index in [1.807, 2.05) is 24.3 Å². The third-order valence-electron chi connectivity index (χ3n) is 7.09. The van der Waals surface area contributed by atoms with Crippen LogP contribution >= 0.6 is 0 Å². The number of halogens is 2. The van der Waals surface area contributed by atoms with E-state index in [-0.39, 0.29) is 10.9 Å².